The molecule has 0 rings (SSSR count). The molecular weight excluding hydrogens is 196 g/mol. The van der Waals surface area contributed by atoms with Crippen molar-refractivity contribution >= 4 is 11.9 Å². The number of esters is 1. The minimum Gasteiger partial charge on any atom is -0.468 e. The molecule has 0 radical (unpaired) electrons. The minimum absolute atomic E-state index is 0.0146. The van der Waals surface area contributed by atoms with Crippen molar-refractivity contribution in [1.29, 1.82) is 0 Å². The zero-order chi connectivity index (χ0) is 11.7. The number of nitrogens with one attached hydrogen (secondary N) is 1. The fraction of sp³-hybridized carbons (Fsp3) is 0.800. The molecule has 0 atom stereocenters. The normalized spacial score (nSPS) is 10.1. The number of carbonyl (C=O) groups excluding carboxylic acids is 2. The van der Waals surface area contributed by atoms with Gasteiger partial charge in [-0.25, -0.2) is 0 Å². The van der Waals surface area contributed by atoms with Crippen LogP contribution in [0.2, 0.25) is 0 Å². The predicted molar refractivity (Wildman–Crippen MR) is 57.4 cm³/mol. The van der Waals surface area contributed by atoms with Gasteiger partial charge >= 0.3 is 5.97 Å². The largest absolute Gasteiger partial charge is 0.468 e. The molecule has 0 aromatic carbocycles. The number of nitrogens with zero attached hydrogens (tertiary/aromatic N) is 1. The first-order valence-electron chi connectivity index (χ1n) is 5.19. The van der Waals surface area contributed by atoms with Gasteiger partial charge in [-0.3, -0.25) is 14.5 Å². The SMILES string of the molecule is CCNC(=O)CCN(CC)CC(=O)OC. The zero-order valence-electron chi connectivity index (χ0n) is 9.71. The lowest BCUT2D eigenvalue weighted by molar-refractivity contribution is -0.142. The second-order valence-electron chi connectivity index (χ2n) is 3.15. The zero-order valence-corrected chi connectivity index (χ0v) is 9.71. The molecule has 15 heavy (non-hydrogen) atoms. The second-order valence-corrected chi connectivity index (χ2v) is 3.15. The van der Waals surface area contributed by atoms with Crippen molar-refractivity contribution in [2.24, 2.45) is 0 Å². The molecule has 0 saturated heterocycles. The Bertz CT molecular complexity index is 207. The number of hydrogen-bond acceptors (Lipinski definition) is 4. The van der Waals surface area contributed by atoms with Crippen molar-refractivity contribution < 1.29 is 14.3 Å². The first-order chi connectivity index (χ1) is 7.13. The standard InChI is InChI=1S/C10H20N2O3/c1-4-11-9(13)6-7-12(5-2)8-10(14)15-3/h4-8H2,1-3H3,(H,11,13). The van der Waals surface area contributed by atoms with E-state index in [1.165, 1.54) is 7.11 Å². The molecule has 0 aromatic heterocycles. The molecule has 0 aliphatic carbocycles. The predicted octanol–water partition coefficient (Wildman–Crippen LogP) is 0.00750. The highest BCUT2D eigenvalue weighted by molar-refractivity contribution is 5.76. The molecule has 0 aromatic rings. The van der Waals surface area contributed by atoms with Gasteiger partial charge in [0.05, 0.1) is 13.7 Å². The number of ether oxygens (including phenoxy) is 1. The van der Waals surface area contributed by atoms with Crippen LogP contribution in [0.4, 0.5) is 0 Å². The monoisotopic (exact) mass is 216 g/mol. The van der Waals surface area contributed by atoms with Crippen LogP contribution >= 0.6 is 0 Å². The van der Waals surface area contributed by atoms with E-state index in [0.29, 0.717) is 19.5 Å². The van der Waals surface area contributed by atoms with Gasteiger partial charge in [-0.1, -0.05) is 6.92 Å². The van der Waals surface area contributed by atoms with E-state index in [2.05, 4.69) is 10.1 Å². The summed E-state index contributed by atoms with van der Waals surface area (Å²) < 4.78 is 4.56. The molecule has 1 amide bonds. The van der Waals surface area contributed by atoms with Crippen LogP contribution in [0, 0.1) is 0 Å². The lowest BCUT2D eigenvalue weighted by Crippen LogP contribution is -2.34. The summed E-state index contributed by atoms with van der Waals surface area (Å²) in [5.74, 6) is -0.256. The van der Waals surface area contributed by atoms with Crippen LogP contribution in [-0.2, 0) is 14.3 Å². The van der Waals surface area contributed by atoms with Gasteiger partial charge in [0.1, 0.15) is 0 Å². The molecule has 0 aliphatic heterocycles. The molecule has 0 saturated carbocycles. The summed E-state index contributed by atoms with van der Waals surface area (Å²) in [6.45, 7) is 6.02. The molecule has 0 aliphatic rings. The van der Waals surface area contributed by atoms with Crippen molar-refractivity contribution in [2.75, 3.05) is 33.3 Å². The Morgan fingerprint density at radius 1 is 1.33 bits per heavy atom. The van der Waals surface area contributed by atoms with Gasteiger partial charge < -0.3 is 10.1 Å². The lowest BCUT2D eigenvalue weighted by atomic mass is 10.3. The van der Waals surface area contributed by atoms with Crippen molar-refractivity contribution in [3.8, 4) is 0 Å². The third-order valence-electron chi connectivity index (χ3n) is 2.06. The van der Waals surface area contributed by atoms with E-state index in [1.54, 1.807) is 0 Å². The van der Waals surface area contributed by atoms with Crippen molar-refractivity contribution in [3.63, 3.8) is 0 Å². The van der Waals surface area contributed by atoms with Gasteiger partial charge in [-0.05, 0) is 13.5 Å². The molecule has 0 heterocycles. The van der Waals surface area contributed by atoms with Crippen LogP contribution < -0.4 is 5.32 Å². The van der Waals surface area contributed by atoms with E-state index >= 15 is 0 Å². The number of rotatable bonds is 7. The molecule has 5 nitrogen and oxygen atoms in total. The summed E-state index contributed by atoms with van der Waals surface area (Å²) in [4.78, 5) is 24.0. The number of likely N-dealkylation sites (N-methyl/N-ethyl adjacent to an activating group) is 1. The smallest absolute Gasteiger partial charge is 0.319 e. The lowest BCUT2D eigenvalue weighted by Gasteiger charge is -2.18. The molecule has 0 unspecified atom stereocenters. The second kappa shape index (κ2) is 8.23. The number of carbonyl (C=O) groups is 2. The molecule has 0 fully saturated rings. The highest BCUT2D eigenvalue weighted by Gasteiger charge is 2.10. The summed E-state index contributed by atoms with van der Waals surface area (Å²) in [5, 5.41) is 2.71. The highest BCUT2D eigenvalue weighted by Crippen LogP contribution is 1.92. The van der Waals surface area contributed by atoms with E-state index in [0.717, 1.165) is 6.54 Å². The van der Waals surface area contributed by atoms with Crippen LogP contribution in [0.25, 0.3) is 0 Å². The Morgan fingerprint density at radius 2 is 2.00 bits per heavy atom. The number of amides is 1. The van der Waals surface area contributed by atoms with Gasteiger partial charge in [0, 0.05) is 19.5 Å². The fourth-order valence-electron chi connectivity index (χ4n) is 1.14. The summed E-state index contributed by atoms with van der Waals surface area (Å²) in [7, 11) is 1.36. The van der Waals surface area contributed by atoms with Crippen LogP contribution in [0.3, 0.4) is 0 Å². The third-order valence-corrected chi connectivity index (χ3v) is 2.06. The summed E-state index contributed by atoms with van der Waals surface area (Å²) in [5.41, 5.74) is 0. The van der Waals surface area contributed by atoms with Crippen molar-refractivity contribution in [1.82, 2.24) is 10.2 Å². The van der Waals surface area contributed by atoms with E-state index in [1.807, 2.05) is 18.7 Å². The molecule has 88 valence electrons. The van der Waals surface area contributed by atoms with E-state index in [-0.39, 0.29) is 18.4 Å². The summed E-state index contributed by atoms with van der Waals surface area (Å²) in [6.07, 6.45) is 0.415. The Morgan fingerprint density at radius 3 is 2.47 bits per heavy atom. The number of methoxy groups -OCH3 is 1. The summed E-state index contributed by atoms with van der Waals surface area (Å²) in [6, 6.07) is 0. The van der Waals surface area contributed by atoms with Crippen LogP contribution in [0.5, 0.6) is 0 Å². The summed E-state index contributed by atoms with van der Waals surface area (Å²) >= 11 is 0. The Labute approximate surface area is 90.8 Å². The minimum atomic E-state index is -0.271. The first-order valence-corrected chi connectivity index (χ1v) is 5.19. The van der Waals surface area contributed by atoms with Crippen LogP contribution in [0.1, 0.15) is 20.3 Å². The van der Waals surface area contributed by atoms with Gasteiger partial charge in [0.15, 0.2) is 0 Å². The van der Waals surface area contributed by atoms with E-state index in [9.17, 15) is 9.59 Å². The maximum absolute atomic E-state index is 11.2. The van der Waals surface area contributed by atoms with Crippen molar-refractivity contribution in [3.05, 3.63) is 0 Å². The molecular formula is C10H20N2O3. The molecule has 0 bridgehead atoms. The van der Waals surface area contributed by atoms with Gasteiger partial charge in [-0.2, -0.15) is 0 Å². The Balaban J connectivity index is 3.79. The highest BCUT2D eigenvalue weighted by atomic mass is 16.5. The van der Waals surface area contributed by atoms with Gasteiger partial charge in [0.2, 0.25) is 5.91 Å². The average Bonchev–Trinajstić information content (AvgIpc) is 2.24. The topological polar surface area (TPSA) is 58.6 Å². The first kappa shape index (κ1) is 13.9. The van der Waals surface area contributed by atoms with Gasteiger partial charge in [-0.15, -0.1) is 0 Å². The van der Waals surface area contributed by atoms with Gasteiger partial charge in [0.25, 0.3) is 0 Å². The molecule has 5 heteroatoms. The maximum atomic E-state index is 11.2. The van der Waals surface area contributed by atoms with E-state index < -0.39 is 0 Å². The van der Waals surface area contributed by atoms with Crippen molar-refractivity contribution in [2.45, 2.75) is 20.3 Å². The van der Waals surface area contributed by atoms with Crippen LogP contribution in [0.15, 0.2) is 0 Å². The van der Waals surface area contributed by atoms with Crippen LogP contribution in [-0.4, -0.2) is 50.1 Å². The maximum Gasteiger partial charge on any atom is 0.319 e. The molecule has 1 N–H and O–H groups in total. The molecule has 0 spiro atoms. The quantitative estimate of drug-likeness (QED) is 0.609. The fourth-order valence-corrected chi connectivity index (χ4v) is 1.14. The Hall–Kier alpha value is -1.10. The van der Waals surface area contributed by atoms with E-state index in [4.69, 9.17) is 0 Å². The third kappa shape index (κ3) is 6.90. The number of hydrogen-bond donors (Lipinski definition) is 1. The average molecular weight is 216 g/mol. The Kier molecular flexibility index (Phi) is 7.62.